The molecule has 1 aromatic heterocycles. The zero-order chi connectivity index (χ0) is 19.3. The number of benzene rings is 1. The summed E-state index contributed by atoms with van der Waals surface area (Å²) in [6, 6.07) is 2.93. The first-order valence-corrected chi connectivity index (χ1v) is 8.77. The van der Waals surface area contributed by atoms with Gasteiger partial charge in [-0.15, -0.1) is 0 Å². The first-order chi connectivity index (χ1) is 12.2. The Hall–Kier alpha value is -2.16. The minimum atomic E-state index is -0.794. The monoisotopic (exact) mass is 430 g/mol. The lowest BCUT2D eigenvalue weighted by molar-refractivity contribution is -0.0115. The standard InChI is InChI=1S/C17H20BrFN2O5/c1-5-23-15-20-13-11(8-10(18)9-12(13)19)14(21-15)24-6-7-25-16(22)26-17(2,3)4/h8-9H,5-7H2,1-4H3. The van der Waals surface area contributed by atoms with Crippen LogP contribution in [0, 0.1) is 5.82 Å². The van der Waals surface area contributed by atoms with Gasteiger partial charge in [-0.2, -0.15) is 9.97 Å². The summed E-state index contributed by atoms with van der Waals surface area (Å²) >= 11 is 3.23. The highest BCUT2D eigenvalue weighted by molar-refractivity contribution is 9.10. The van der Waals surface area contributed by atoms with Crippen LogP contribution in [-0.2, 0) is 9.47 Å². The van der Waals surface area contributed by atoms with E-state index in [1.807, 2.05) is 0 Å². The summed E-state index contributed by atoms with van der Waals surface area (Å²) in [6.07, 6.45) is -0.794. The lowest BCUT2D eigenvalue weighted by Crippen LogP contribution is -2.25. The lowest BCUT2D eigenvalue weighted by Gasteiger charge is -2.18. The van der Waals surface area contributed by atoms with Gasteiger partial charge in [0.1, 0.15) is 24.3 Å². The molecule has 0 bridgehead atoms. The van der Waals surface area contributed by atoms with Crippen molar-refractivity contribution in [2.24, 2.45) is 0 Å². The summed E-state index contributed by atoms with van der Waals surface area (Å²) in [5.41, 5.74) is -0.563. The van der Waals surface area contributed by atoms with Crippen molar-refractivity contribution < 1.29 is 28.1 Å². The summed E-state index contributed by atoms with van der Waals surface area (Å²) in [6.45, 7) is 7.25. The van der Waals surface area contributed by atoms with Gasteiger partial charge in [-0.1, -0.05) is 15.9 Å². The molecule has 0 N–H and O–H groups in total. The van der Waals surface area contributed by atoms with Gasteiger partial charge < -0.3 is 18.9 Å². The minimum absolute atomic E-state index is 0.00397. The van der Waals surface area contributed by atoms with Crippen molar-refractivity contribution in [1.29, 1.82) is 0 Å². The highest BCUT2D eigenvalue weighted by atomic mass is 79.9. The third kappa shape index (κ3) is 5.69. The highest BCUT2D eigenvalue weighted by Gasteiger charge is 2.18. The highest BCUT2D eigenvalue weighted by Crippen LogP contribution is 2.30. The van der Waals surface area contributed by atoms with Crippen LogP contribution in [0.15, 0.2) is 16.6 Å². The van der Waals surface area contributed by atoms with E-state index in [0.29, 0.717) is 16.5 Å². The molecule has 9 heteroatoms. The van der Waals surface area contributed by atoms with E-state index in [4.69, 9.17) is 18.9 Å². The van der Waals surface area contributed by atoms with E-state index in [1.165, 1.54) is 6.07 Å². The second-order valence-corrected chi connectivity index (χ2v) is 7.11. The molecule has 0 unspecified atom stereocenters. The Kier molecular flexibility index (Phi) is 6.57. The van der Waals surface area contributed by atoms with Crippen molar-refractivity contribution in [3.05, 3.63) is 22.4 Å². The largest absolute Gasteiger partial charge is 0.508 e. The van der Waals surface area contributed by atoms with Crippen LogP contribution in [0.25, 0.3) is 10.9 Å². The molecule has 0 atom stereocenters. The average Bonchev–Trinajstić information content (AvgIpc) is 2.51. The predicted molar refractivity (Wildman–Crippen MR) is 96.0 cm³/mol. The van der Waals surface area contributed by atoms with Crippen LogP contribution in [0.5, 0.6) is 11.9 Å². The predicted octanol–water partition coefficient (Wildman–Crippen LogP) is 4.26. The number of hydrogen-bond acceptors (Lipinski definition) is 7. The van der Waals surface area contributed by atoms with Crippen molar-refractivity contribution in [2.45, 2.75) is 33.3 Å². The van der Waals surface area contributed by atoms with Gasteiger partial charge in [-0.25, -0.2) is 9.18 Å². The van der Waals surface area contributed by atoms with Crippen LogP contribution >= 0.6 is 15.9 Å². The molecule has 26 heavy (non-hydrogen) atoms. The summed E-state index contributed by atoms with van der Waals surface area (Å²) in [4.78, 5) is 19.7. The van der Waals surface area contributed by atoms with E-state index in [2.05, 4.69) is 25.9 Å². The van der Waals surface area contributed by atoms with Gasteiger partial charge in [0, 0.05) is 4.47 Å². The maximum Gasteiger partial charge on any atom is 0.508 e. The molecule has 0 fully saturated rings. The maximum atomic E-state index is 14.2. The number of aromatic nitrogens is 2. The molecule has 0 aliphatic carbocycles. The molecule has 2 aromatic rings. The van der Waals surface area contributed by atoms with Crippen molar-refractivity contribution in [2.75, 3.05) is 19.8 Å². The van der Waals surface area contributed by atoms with Crippen molar-refractivity contribution in [3.63, 3.8) is 0 Å². The Morgan fingerprint density at radius 1 is 1.19 bits per heavy atom. The number of hydrogen-bond donors (Lipinski definition) is 0. The van der Waals surface area contributed by atoms with Crippen molar-refractivity contribution in [1.82, 2.24) is 9.97 Å². The van der Waals surface area contributed by atoms with Gasteiger partial charge in [0.05, 0.1) is 12.0 Å². The Balaban J connectivity index is 2.11. The SMILES string of the molecule is CCOc1nc(OCCOC(=O)OC(C)(C)C)c2cc(Br)cc(F)c2n1. The smallest absolute Gasteiger partial charge is 0.473 e. The van der Waals surface area contributed by atoms with E-state index < -0.39 is 17.6 Å². The Morgan fingerprint density at radius 3 is 2.58 bits per heavy atom. The fourth-order valence-corrected chi connectivity index (χ4v) is 2.39. The van der Waals surface area contributed by atoms with Crippen LogP contribution < -0.4 is 9.47 Å². The molecule has 0 amide bonds. The fraction of sp³-hybridized carbons (Fsp3) is 0.471. The first-order valence-electron chi connectivity index (χ1n) is 7.97. The van der Waals surface area contributed by atoms with E-state index in [1.54, 1.807) is 33.8 Å². The van der Waals surface area contributed by atoms with Gasteiger partial charge in [0.2, 0.25) is 5.88 Å². The van der Waals surface area contributed by atoms with Gasteiger partial charge in [-0.05, 0) is 39.8 Å². The molecular formula is C17H20BrFN2O5. The molecule has 0 saturated heterocycles. The molecule has 0 aliphatic rings. The van der Waals surface area contributed by atoms with E-state index >= 15 is 0 Å². The number of carbonyl (C=O) groups excluding carboxylic acids is 1. The van der Waals surface area contributed by atoms with Gasteiger partial charge in [-0.3, -0.25) is 0 Å². The van der Waals surface area contributed by atoms with Gasteiger partial charge >= 0.3 is 12.2 Å². The molecule has 0 aliphatic heterocycles. The quantitative estimate of drug-likeness (QED) is 0.500. The minimum Gasteiger partial charge on any atom is -0.473 e. The normalized spacial score (nSPS) is 11.3. The first kappa shape index (κ1) is 20.2. The van der Waals surface area contributed by atoms with Crippen molar-refractivity contribution >= 4 is 33.0 Å². The Labute approximate surface area is 158 Å². The Bertz CT molecular complexity index is 795. The van der Waals surface area contributed by atoms with Crippen LogP contribution in [0.1, 0.15) is 27.7 Å². The fourth-order valence-electron chi connectivity index (χ4n) is 1.96. The average molecular weight is 431 g/mol. The zero-order valence-electron chi connectivity index (χ0n) is 15.0. The van der Waals surface area contributed by atoms with Gasteiger partial charge in [0.15, 0.2) is 5.82 Å². The summed E-state index contributed by atoms with van der Waals surface area (Å²) < 4.78 is 35.5. The molecule has 142 valence electrons. The van der Waals surface area contributed by atoms with Crippen LogP contribution in [-0.4, -0.2) is 41.5 Å². The summed E-state index contributed by atoms with van der Waals surface area (Å²) in [7, 11) is 0. The number of fused-ring (bicyclic) bond motifs is 1. The topological polar surface area (TPSA) is 79.8 Å². The number of nitrogens with zero attached hydrogens (tertiary/aromatic N) is 2. The number of ether oxygens (including phenoxy) is 4. The molecule has 0 spiro atoms. The molecular weight excluding hydrogens is 411 g/mol. The molecule has 1 aromatic carbocycles. The Morgan fingerprint density at radius 2 is 1.92 bits per heavy atom. The molecule has 2 rings (SSSR count). The number of halogens is 2. The summed E-state index contributed by atoms with van der Waals surface area (Å²) in [5, 5.41) is 0.373. The van der Waals surface area contributed by atoms with E-state index in [0.717, 1.165) is 0 Å². The van der Waals surface area contributed by atoms with Crippen LogP contribution in [0.3, 0.4) is 0 Å². The van der Waals surface area contributed by atoms with Crippen LogP contribution in [0.2, 0.25) is 0 Å². The van der Waals surface area contributed by atoms with E-state index in [-0.39, 0.29) is 30.6 Å². The molecule has 0 radical (unpaired) electrons. The van der Waals surface area contributed by atoms with Crippen LogP contribution in [0.4, 0.5) is 9.18 Å². The second-order valence-electron chi connectivity index (χ2n) is 6.19. The third-order valence-electron chi connectivity index (χ3n) is 2.87. The second kappa shape index (κ2) is 8.48. The zero-order valence-corrected chi connectivity index (χ0v) is 16.6. The molecule has 7 nitrogen and oxygen atoms in total. The third-order valence-corrected chi connectivity index (χ3v) is 3.33. The lowest BCUT2D eigenvalue weighted by atomic mass is 10.2. The van der Waals surface area contributed by atoms with Crippen molar-refractivity contribution in [3.8, 4) is 11.9 Å². The summed E-state index contributed by atoms with van der Waals surface area (Å²) in [5.74, 6) is -0.404. The molecule has 0 saturated carbocycles. The number of carbonyl (C=O) groups is 1. The number of rotatable bonds is 6. The molecule has 1 heterocycles. The van der Waals surface area contributed by atoms with Gasteiger partial charge in [0.25, 0.3) is 0 Å². The maximum absolute atomic E-state index is 14.2. The van der Waals surface area contributed by atoms with E-state index in [9.17, 15) is 9.18 Å².